The lowest BCUT2D eigenvalue weighted by molar-refractivity contribution is 0.587. The molecule has 0 aromatic heterocycles. The molecule has 0 heterocycles. The Balaban J connectivity index is 0.00000450. The fourth-order valence-electron chi connectivity index (χ4n) is 2.89. The minimum atomic E-state index is -3.26. The molecule has 0 amide bonds. The fourth-order valence-corrected chi connectivity index (χ4v) is 3.66. The number of rotatable bonds is 9. The third-order valence-corrected chi connectivity index (χ3v) is 5.98. The van der Waals surface area contributed by atoms with Crippen LogP contribution >= 0.6 is 24.0 Å². The maximum absolute atomic E-state index is 11.6. The van der Waals surface area contributed by atoms with E-state index in [2.05, 4.69) is 58.5 Å². The van der Waals surface area contributed by atoms with Gasteiger partial charge in [-0.1, -0.05) is 61.0 Å². The van der Waals surface area contributed by atoms with Gasteiger partial charge in [-0.15, -0.1) is 24.0 Å². The van der Waals surface area contributed by atoms with Gasteiger partial charge in [0.15, 0.2) is 5.96 Å². The van der Waals surface area contributed by atoms with Crippen LogP contribution in [-0.2, 0) is 22.3 Å². The molecule has 0 saturated heterocycles. The van der Waals surface area contributed by atoms with Crippen molar-refractivity contribution in [3.8, 4) is 0 Å². The molecule has 0 bridgehead atoms. The number of nitrogens with one attached hydrogen (secondary N) is 3. The summed E-state index contributed by atoms with van der Waals surface area (Å²) in [5.74, 6) is 1.12. The molecule has 30 heavy (non-hydrogen) atoms. The van der Waals surface area contributed by atoms with Crippen molar-refractivity contribution in [1.29, 1.82) is 0 Å². The van der Waals surface area contributed by atoms with E-state index in [1.54, 1.807) is 0 Å². The molecular formula is C22H33IN4O2S. The summed E-state index contributed by atoms with van der Waals surface area (Å²) in [5.41, 5.74) is 4.35. The Kier molecular flexibility index (Phi) is 11.4. The van der Waals surface area contributed by atoms with Gasteiger partial charge in [0.1, 0.15) is 0 Å². The maximum Gasteiger partial charge on any atom is 0.215 e. The topological polar surface area (TPSA) is 82.6 Å². The van der Waals surface area contributed by atoms with Gasteiger partial charge >= 0.3 is 0 Å². The summed E-state index contributed by atoms with van der Waals surface area (Å²) in [6.45, 7) is 8.44. The van der Waals surface area contributed by atoms with Crippen LogP contribution in [-0.4, -0.2) is 34.5 Å². The van der Waals surface area contributed by atoms with Crippen molar-refractivity contribution < 1.29 is 8.42 Å². The highest BCUT2D eigenvalue weighted by Crippen LogP contribution is 2.15. The Hall–Kier alpha value is -1.65. The van der Waals surface area contributed by atoms with Crippen molar-refractivity contribution in [3.05, 3.63) is 70.8 Å². The van der Waals surface area contributed by atoms with Crippen molar-refractivity contribution in [2.75, 3.05) is 20.1 Å². The quantitative estimate of drug-likeness (QED) is 0.257. The third-order valence-electron chi connectivity index (χ3n) is 4.64. The number of aliphatic imine (C=N–C) groups is 1. The van der Waals surface area contributed by atoms with E-state index in [1.165, 1.54) is 18.2 Å². The summed E-state index contributed by atoms with van der Waals surface area (Å²) in [6.07, 6.45) is 0. The van der Waals surface area contributed by atoms with E-state index in [1.807, 2.05) is 31.2 Å². The molecule has 0 saturated carbocycles. The lowest BCUT2D eigenvalue weighted by Gasteiger charge is -2.16. The predicted molar refractivity (Wildman–Crippen MR) is 136 cm³/mol. The molecule has 6 nitrogen and oxygen atoms in total. The number of halogens is 1. The number of hydrogen-bond donors (Lipinski definition) is 3. The van der Waals surface area contributed by atoms with Crippen LogP contribution < -0.4 is 15.4 Å². The standard InChI is InChI=1S/C22H32N4O2S.HI/c1-5-24-22(25-14-18(3)21-8-6-7-17(2)13-21)26-15-19-9-11-20(12-10-19)16-29(27,28)23-4;/h6-13,18,23H,5,14-16H2,1-4H3,(H2,24,25,26);1H. The third kappa shape index (κ3) is 9.01. The van der Waals surface area contributed by atoms with Gasteiger partial charge < -0.3 is 10.6 Å². The van der Waals surface area contributed by atoms with Crippen molar-refractivity contribution in [1.82, 2.24) is 15.4 Å². The lowest BCUT2D eigenvalue weighted by Crippen LogP contribution is -2.39. The number of hydrogen-bond acceptors (Lipinski definition) is 3. The fraction of sp³-hybridized carbons (Fsp3) is 0.409. The minimum absolute atomic E-state index is 0. The first-order valence-electron chi connectivity index (χ1n) is 9.90. The predicted octanol–water partition coefficient (Wildman–Crippen LogP) is 3.52. The molecular weight excluding hydrogens is 511 g/mol. The monoisotopic (exact) mass is 544 g/mol. The number of benzene rings is 2. The molecule has 1 atom stereocenters. The molecule has 1 unspecified atom stereocenters. The summed E-state index contributed by atoms with van der Waals surface area (Å²) in [5, 5.41) is 6.68. The van der Waals surface area contributed by atoms with Crippen molar-refractivity contribution >= 4 is 40.0 Å². The summed E-state index contributed by atoms with van der Waals surface area (Å²) in [7, 11) is -1.83. The number of guanidine groups is 1. The molecule has 0 fully saturated rings. The van der Waals surface area contributed by atoms with Crippen LogP contribution in [0, 0.1) is 6.92 Å². The van der Waals surface area contributed by atoms with Crippen LogP contribution in [0.15, 0.2) is 53.5 Å². The van der Waals surface area contributed by atoms with E-state index in [-0.39, 0.29) is 29.7 Å². The normalized spacial score (nSPS) is 12.7. The smallest absolute Gasteiger partial charge is 0.215 e. The van der Waals surface area contributed by atoms with Gasteiger partial charge in [0, 0.05) is 13.1 Å². The first-order valence-corrected chi connectivity index (χ1v) is 11.6. The highest BCUT2D eigenvalue weighted by Gasteiger charge is 2.09. The first-order chi connectivity index (χ1) is 13.8. The van der Waals surface area contributed by atoms with Crippen molar-refractivity contribution in [2.45, 2.75) is 39.0 Å². The Morgan fingerprint density at radius 2 is 1.73 bits per heavy atom. The molecule has 0 aliphatic rings. The van der Waals surface area contributed by atoms with Crippen LogP contribution in [0.5, 0.6) is 0 Å². The number of aryl methyl sites for hydroxylation is 1. The van der Waals surface area contributed by atoms with Gasteiger partial charge in [-0.25, -0.2) is 18.1 Å². The summed E-state index contributed by atoms with van der Waals surface area (Å²) in [4.78, 5) is 4.65. The van der Waals surface area contributed by atoms with Crippen LogP contribution in [0.25, 0.3) is 0 Å². The highest BCUT2D eigenvalue weighted by atomic mass is 127. The molecule has 0 aliphatic heterocycles. The number of nitrogens with zero attached hydrogens (tertiary/aromatic N) is 1. The van der Waals surface area contributed by atoms with Gasteiger partial charge in [0.2, 0.25) is 10.0 Å². The highest BCUT2D eigenvalue weighted by molar-refractivity contribution is 14.0. The zero-order valence-electron chi connectivity index (χ0n) is 18.1. The van der Waals surface area contributed by atoms with E-state index in [0.29, 0.717) is 12.5 Å². The Labute approximate surface area is 198 Å². The van der Waals surface area contributed by atoms with E-state index >= 15 is 0 Å². The molecule has 2 rings (SSSR count). The molecule has 0 spiro atoms. The van der Waals surface area contributed by atoms with E-state index < -0.39 is 10.0 Å². The SMILES string of the molecule is CCNC(=NCc1ccc(CS(=O)(=O)NC)cc1)NCC(C)c1cccc(C)c1.I. The van der Waals surface area contributed by atoms with Crippen LogP contribution in [0.3, 0.4) is 0 Å². The molecule has 166 valence electrons. The Morgan fingerprint density at radius 3 is 2.33 bits per heavy atom. The maximum atomic E-state index is 11.6. The van der Waals surface area contributed by atoms with Crippen molar-refractivity contribution in [2.24, 2.45) is 4.99 Å². The van der Waals surface area contributed by atoms with Crippen LogP contribution in [0.2, 0.25) is 0 Å². The van der Waals surface area contributed by atoms with Gasteiger partial charge in [0.25, 0.3) is 0 Å². The molecule has 2 aromatic rings. The Bertz CT molecular complexity index is 915. The average Bonchev–Trinajstić information content (AvgIpc) is 2.70. The molecule has 2 aromatic carbocycles. The number of sulfonamides is 1. The summed E-state index contributed by atoms with van der Waals surface area (Å²) < 4.78 is 25.6. The van der Waals surface area contributed by atoms with Gasteiger partial charge in [-0.05, 0) is 43.5 Å². The zero-order valence-corrected chi connectivity index (χ0v) is 21.3. The summed E-state index contributed by atoms with van der Waals surface area (Å²) in [6, 6.07) is 16.1. The lowest BCUT2D eigenvalue weighted by atomic mass is 9.99. The van der Waals surface area contributed by atoms with Gasteiger partial charge in [0.05, 0.1) is 12.3 Å². The molecule has 0 radical (unpaired) electrons. The minimum Gasteiger partial charge on any atom is -0.357 e. The Morgan fingerprint density at radius 1 is 1.07 bits per heavy atom. The second-order valence-electron chi connectivity index (χ2n) is 7.17. The van der Waals surface area contributed by atoms with E-state index in [9.17, 15) is 8.42 Å². The van der Waals surface area contributed by atoms with Crippen molar-refractivity contribution in [3.63, 3.8) is 0 Å². The molecule has 0 aliphatic carbocycles. The second-order valence-corrected chi connectivity index (χ2v) is 9.10. The molecule has 3 N–H and O–H groups in total. The van der Waals surface area contributed by atoms with E-state index in [0.717, 1.165) is 30.2 Å². The molecule has 8 heteroatoms. The van der Waals surface area contributed by atoms with Gasteiger partial charge in [-0.2, -0.15) is 0 Å². The second kappa shape index (κ2) is 12.9. The first kappa shape index (κ1) is 26.4. The van der Waals surface area contributed by atoms with Crippen LogP contribution in [0.4, 0.5) is 0 Å². The largest absolute Gasteiger partial charge is 0.357 e. The zero-order chi connectivity index (χ0) is 21.3. The van der Waals surface area contributed by atoms with Gasteiger partial charge in [-0.3, -0.25) is 0 Å². The van der Waals surface area contributed by atoms with Crippen LogP contribution in [0.1, 0.15) is 42.0 Å². The van der Waals surface area contributed by atoms with E-state index in [4.69, 9.17) is 0 Å². The average molecular weight is 545 g/mol. The summed E-state index contributed by atoms with van der Waals surface area (Å²) >= 11 is 0.